The SMILES string of the molecule is CNc1nc(N)nc2c1nc(Nc1nc3c(NC)ncnc3n1[C@H]1O[C@@H](CO)[C@H](O)[C@@H]1O)n2[C@@H]1O[C@H](CO)[C@@H](O)[C@H]1O. The molecule has 0 unspecified atom stereocenters. The Morgan fingerprint density at radius 3 is 1.76 bits per heavy atom. The lowest BCUT2D eigenvalue weighted by Gasteiger charge is -2.22. The smallest absolute Gasteiger partial charge is 0.224 e. The van der Waals surface area contributed by atoms with Gasteiger partial charge in [0.1, 0.15) is 43.0 Å². The number of aliphatic hydroxyl groups excluding tert-OH is 6. The number of nitrogens with zero attached hydrogens (tertiary/aromatic N) is 8. The first-order valence-electron chi connectivity index (χ1n) is 12.9. The summed E-state index contributed by atoms with van der Waals surface area (Å²) in [6.07, 6.45) is -9.38. The van der Waals surface area contributed by atoms with Crippen molar-refractivity contribution in [3.8, 4) is 0 Å². The second kappa shape index (κ2) is 10.7. The topological polar surface area (TPSA) is 289 Å². The molecule has 0 radical (unpaired) electrons. The maximum Gasteiger partial charge on any atom is 0.224 e. The molecule has 11 N–H and O–H groups in total. The first-order valence-corrected chi connectivity index (χ1v) is 12.9. The van der Waals surface area contributed by atoms with Crippen molar-refractivity contribution >= 4 is 51.8 Å². The number of ether oxygens (including phenoxy) is 2. The minimum absolute atomic E-state index is 0.00734. The molecule has 2 saturated heterocycles. The van der Waals surface area contributed by atoms with Gasteiger partial charge >= 0.3 is 0 Å². The van der Waals surface area contributed by atoms with Gasteiger partial charge in [-0.1, -0.05) is 0 Å². The third-order valence-corrected chi connectivity index (χ3v) is 7.27. The van der Waals surface area contributed by atoms with Gasteiger partial charge in [0.2, 0.25) is 17.8 Å². The summed E-state index contributed by atoms with van der Waals surface area (Å²) >= 11 is 0. The van der Waals surface area contributed by atoms with Crippen molar-refractivity contribution in [3.05, 3.63) is 6.33 Å². The van der Waals surface area contributed by atoms with Gasteiger partial charge in [0.25, 0.3) is 0 Å². The Hall–Kier alpha value is -4.02. The molecule has 20 heteroatoms. The van der Waals surface area contributed by atoms with Gasteiger partial charge in [0, 0.05) is 14.1 Å². The van der Waals surface area contributed by atoms with Gasteiger partial charge in [-0.3, -0.25) is 14.5 Å². The van der Waals surface area contributed by atoms with Crippen LogP contribution in [0.25, 0.3) is 22.3 Å². The van der Waals surface area contributed by atoms with E-state index in [0.717, 1.165) is 0 Å². The van der Waals surface area contributed by atoms with Gasteiger partial charge in [-0.15, -0.1) is 0 Å². The monoisotopic (exact) mass is 590 g/mol. The number of aromatic nitrogens is 8. The molecule has 0 spiro atoms. The van der Waals surface area contributed by atoms with Gasteiger partial charge < -0.3 is 56.5 Å². The predicted molar refractivity (Wildman–Crippen MR) is 143 cm³/mol. The molecule has 6 heterocycles. The molecule has 20 nitrogen and oxygen atoms in total. The largest absolute Gasteiger partial charge is 0.394 e. The van der Waals surface area contributed by atoms with Crippen molar-refractivity contribution in [2.45, 2.75) is 49.1 Å². The number of nitrogens with one attached hydrogen (secondary N) is 3. The molecule has 0 amide bonds. The molecule has 4 aromatic heterocycles. The molecular weight excluding hydrogens is 560 g/mol. The fourth-order valence-electron chi connectivity index (χ4n) is 5.20. The highest BCUT2D eigenvalue weighted by atomic mass is 16.6. The summed E-state index contributed by atoms with van der Waals surface area (Å²) in [6.45, 7) is -1.13. The van der Waals surface area contributed by atoms with E-state index in [2.05, 4.69) is 45.9 Å². The van der Waals surface area contributed by atoms with Crippen LogP contribution in [0.1, 0.15) is 12.5 Å². The summed E-state index contributed by atoms with van der Waals surface area (Å²) in [5.74, 6) is 0.414. The first kappa shape index (κ1) is 28.1. The highest BCUT2D eigenvalue weighted by Crippen LogP contribution is 2.39. The molecule has 8 atom stereocenters. The fourth-order valence-corrected chi connectivity index (χ4v) is 5.20. The van der Waals surface area contributed by atoms with Crippen molar-refractivity contribution in [1.82, 2.24) is 39.0 Å². The lowest BCUT2D eigenvalue weighted by atomic mass is 10.1. The second-order valence-corrected chi connectivity index (χ2v) is 9.69. The maximum atomic E-state index is 10.9. The first-order chi connectivity index (χ1) is 20.2. The molecule has 2 aliphatic heterocycles. The van der Waals surface area contributed by atoms with E-state index in [9.17, 15) is 30.6 Å². The summed E-state index contributed by atoms with van der Waals surface area (Å²) in [5, 5.41) is 70.9. The molecule has 2 aliphatic rings. The lowest BCUT2D eigenvalue weighted by molar-refractivity contribution is -0.0509. The van der Waals surface area contributed by atoms with Crippen LogP contribution in [0.15, 0.2) is 6.33 Å². The number of hydrogen-bond donors (Lipinski definition) is 10. The molecule has 0 aliphatic carbocycles. The molecule has 0 bridgehead atoms. The van der Waals surface area contributed by atoms with Crippen LogP contribution in [-0.2, 0) is 9.47 Å². The van der Waals surface area contributed by atoms with Crippen LogP contribution in [0, 0.1) is 0 Å². The summed E-state index contributed by atoms with van der Waals surface area (Å²) in [7, 11) is 3.22. The van der Waals surface area contributed by atoms with Crippen molar-refractivity contribution in [3.63, 3.8) is 0 Å². The van der Waals surface area contributed by atoms with E-state index >= 15 is 0 Å². The number of imidazole rings is 2. The van der Waals surface area contributed by atoms with Crippen molar-refractivity contribution in [2.24, 2.45) is 0 Å². The Balaban J connectivity index is 1.55. The minimum atomic E-state index is -1.52. The van der Waals surface area contributed by atoms with E-state index in [1.807, 2.05) is 0 Å². The van der Waals surface area contributed by atoms with Crippen molar-refractivity contribution < 1.29 is 40.1 Å². The second-order valence-electron chi connectivity index (χ2n) is 9.69. The zero-order valence-corrected chi connectivity index (χ0v) is 22.3. The highest BCUT2D eigenvalue weighted by molar-refractivity contribution is 5.88. The van der Waals surface area contributed by atoms with Crippen LogP contribution in [0.4, 0.5) is 29.5 Å². The summed E-state index contributed by atoms with van der Waals surface area (Å²) in [4.78, 5) is 26.1. The molecular formula is C22H30N12O8. The Kier molecular flexibility index (Phi) is 7.14. The number of nitrogen functional groups attached to an aromatic ring is 1. The quantitative estimate of drug-likeness (QED) is 0.0956. The number of fused-ring (bicyclic) bond motifs is 2. The number of anilines is 5. The Bertz CT molecular complexity index is 1620. The average molecular weight is 591 g/mol. The van der Waals surface area contributed by atoms with E-state index in [4.69, 9.17) is 15.2 Å². The summed E-state index contributed by atoms with van der Waals surface area (Å²) < 4.78 is 14.3. The van der Waals surface area contributed by atoms with Crippen LogP contribution in [0.5, 0.6) is 0 Å². The molecule has 0 aromatic carbocycles. The van der Waals surface area contributed by atoms with Crippen molar-refractivity contribution in [1.29, 1.82) is 0 Å². The van der Waals surface area contributed by atoms with Gasteiger partial charge in [-0.05, 0) is 0 Å². The van der Waals surface area contributed by atoms with Crippen LogP contribution >= 0.6 is 0 Å². The Labute approximate surface area is 235 Å². The number of rotatable bonds is 8. The number of aliphatic hydroxyl groups is 6. The van der Waals surface area contributed by atoms with Crippen LogP contribution < -0.4 is 21.7 Å². The zero-order valence-electron chi connectivity index (χ0n) is 22.3. The average Bonchev–Trinajstić information content (AvgIpc) is 3.69. The van der Waals surface area contributed by atoms with E-state index in [0.29, 0.717) is 5.82 Å². The number of nitrogens with two attached hydrogens (primary N) is 1. The Morgan fingerprint density at radius 1 is 0.738 bits per heavy atom. The standard InChI is InChI=1S/C22H30N12O8/c1-24-14-8-16(27-5-26-14)33(18-12(39)10(37)6(3-35)41-18)21(28-8)32-22-29-9-15(25-2)30-20(23)31-17(9)34(22)19-13(40)11(38)7(4-36)42-19/h5-7,10-13,18-19,35-40H,3-4H2,1-2H3,(H,24,26,27)(H,28,29,32)(H3,23,25,30,31)/t6-,7+,10-,11+,12-,13+,18-,19+/m0/s1. The molecule has 2 fully saturated rings. The molecule has 0 saturated carbocycles. The minimum Gasteiger partial charge on any atom is -0.394 e. The van der Waals surface area contributed by atoms with Crippen molar-refractivity contribution in [2.75, 3.05) is 49.0 Å². The van der Waals surface area contributed by atoms with Crippen LogP contribution in [-0.4, -0.2) is 134 Å². The molecule has 4 aromatic rings. The van der Waals surface area contributed by atoms with Gasteiger partial charge in [-0.25, -0.2) is 19.9 Å². The van der Waals surface area contributed by atoms with Gasteiger partial charge in [0.05, 0.1) is 13.2 Å². The van der Waals surface area contributed by atoms with Crippen LogP contribution in [0.3, 0.4) is 0 Å². The van der Waals surface area contributed by atoms with E-state index in [1.165, 1.54) is 15.5 Å². The van der Waals surface area contributed by atoms with E-state index in [-0.39, 0.29) is 46.0 Å². The molecule has 226 valence electrons. The molecule has 6 rings (SSSR count). The summed E-state index contributed by atoms with van der Waals surface area (Å²) in [5.41, 5.74) is 6.72. The predicted octanol–water partition coefficient (Wildman–Crippen LogP) is -3.40. The molecule has 42 heavy (non-hydrogen) atoms. The van der Waals surface area contributed by atoms with Crippen LogP contribution in [0.2, 0.25) is 0 Å². The Morgan fingerprint density at radius 2 is 1.26 bits per heavy atom. The normalized spacial score (nSPS) is 29.5. The van der Waals surface area contributed by atoms with E-state index < -0.39 is 62.3 Å². The lowest BCUT2D eigenvalue weighted by Crippen LogP contribution is -2.33. The zero-order chi connectivity index (χ0) is 29.9. The van der Waals surface area contributed by atoms with Gasteiger partial charge in [0.15, 0.2) is 46.4 Å². The van der Waals surface area contributed by atoms with Gasteiger partial charge in [-0.2, -0.15) is 9.97 Å². The number of hydrogen-bond acceptors (Lipinski definition) is 18. The maximum absolute atomic E-state index is 10.9. The van der Waals surface area contributed by atoms with E-state index in [1.54, 1.807) is 14.1 Å². The third kappa shape index (κ3) is 4.23. The summed E-state index contributed by atoms with van der Waals surface area (Å²) in [6, 6.07) is 0. The third-order valence-electron chi connectivity index (χ3n) is 7.27. The highest BCUT2D eigenvalue weighted by Gasteiger charge is 2.47. The fraction of sp³-hybridized carbons (Fsp3) is 0.545.